The summed E-state index contributed by atoms with van der Waals surface area (Å²) in [7, 11) is 0. The van der Waals surface area contributed by atoms with Gasteiger partial charge in [-0.25, -0.2) is 0 Å². The molecule has 3 rings (SSSR count). The summed E-state index contributed by atoms with van der Waals surface area (Å²) in [6.07, 6.45) is 4.71. The van der Waals surface area contributed by atoms with Gasteiger partial charge in [-0.1, -0.05) is 68.8 Å². The zero-order valence-corrected chi connectivity index (χ0v) is 13.5. The van der Waals surface area contributed by atoms with Crippen LogP contribution < -0.4 is 0 Å². The number of benzene rings is 2. The van der Waals surface area contributed by atoms with Crippen molar-refractivity contribution in [2.75, 3.05) is 0 Å². The molecule has 0 spiro atoms. The Hall–Kier alpha value is -1.82. The predicted molar refractivity (Wildman–Crippen MR) is 92.7 cm³/mol. The molecule has 0 aliphatic heterocycles. The molecule has 2 aromatic carbocycles. The summed E-state index contributed by atoms with van der Waals surface area (Å²) in [4.78, 5) is 0. The highest BCUT2D eigenvalue weighted by atomic mass is 14.2. The van der Waals surface area contributed by atoms with Gasteiger partial charge in [0.2, 0.25) is 0 Å². The maximum absolute atomic E-state index is 2.43. The van der Waals surface area contributed by atoms with E-state index in [0.717, 1.165) is 12.8 Å². The molecule has 0 amide bonds. The van der Waals surface area contributed by atoms with E-state index in [-0.39, 0.29) is 0 Å². The first-order valence-electron chi connectivity index (χ1n) is 8.03. The largest absolute Gasteiger partial charge is 0.0655 e. The summed E-state index contributed by atoms with van der Waals surface area (Å²) >= 11 is 0. The Labute approximate surface area is 128 Å². The fourth-order valence-corrected chi connectivity index (χ4v) is 3.40. The number of hydrogen-bond acceptors (Lipinski definition) is 0. The van der Waals surface area contributed by atoms with Gasteiger partial charge in [0, 0.05) is 0 Å². The van der Waals surface area contributed by atoms with Gasteiger partial charge in [0.1, 0.15) is 0 Å². The van der Waals surface area contributed by atoms with Crippen LogP contribution in [0.1, 0.15) is 55.4 Å². The van der Waals surface area contributed by atoms with Crippen LogP contribution in [0.25, 0.3) is 17.2 Å². The Bertz CT molecular complexity index is 702. The molecule has 0 N–H and O–H groups in total. The van der Waals surface area contributed by atoms with Crippen molar-refractivity contribution in [2.24, 2.45) is 0 Å². The lowest BCUT2D eigenvalue weighted by molar-refractivity contribution is 0.869. The van der Waals surface area contributed by atoms with Crippen LogP contribution >= 0.6 is 0 Å². The fourth-order valence-electron chi connectivity index (χ4n) is 3.40. The normalized spacial score (nSPS) is 13.5. The molecule has 0 saturated carbocycles. The molecule has 0 radical (unpaired) electrons. The van der Waals surface area contributed by atoms with E-state index in [1.165, 1.54) is 33.4 Å². The van der Waals surface area contributed by atoms with Crippen molar-refractivity contribution in [3.63, 3.8) is 0 Å². The molecular weight excluding hydrogens is 252 g/mol. The first-order valence-corrected chi connectivity index (χ1v) is 8.03. The van der Waals surface area contributed by atoms with Gasteiger partial charge in [0.15, 0.2) is 0 Å². The molecule has 2 aromatic rings. The monoisotopic (exact) mass is 276 g/mol. The predicted octanol–water partition coefficient (Wildman–Crippen LogP) is 6.13. The minimum absolute atomic E-state index is 0.549. The fraction of sp³-hybridized carbons (Fsp3) is 0.333. The third kappa shape index (κ3) is 2.44. The zero-order valence-electron chi connectivity index (χ0n) is 13.5. The lowest BCUT2D eigenvalue weighted by Crippen LogP contribution is -1.97. The van der Waals surface area contributed by atoms with E-state index in [0.29, 0.717) is 5.92 Å². The van der Waals surface area contributed by atoms with Gasteiger partial charge in [-0.05, 0) is 59.1 Å². The van der Waals surface area contributed by atoms with Gasteiger partial charge in [0.25, 0.3) is 0 Å². The Morgan fingerprint density at radius 3 is 2.52 bits per heavy atom. The Morgan fingerprint density at radius 1 is 1.05 bits per heavy atom. The Balaban J connectivity index is 2.26. The molecule has 0 heteroatoms. The van der Waals surface area contributed by atoms with Crippen molar-refractivity contribution in [1.29, 1.82) is 0 Å². The summed E-state index contributed by atoms with van der Waals surface area (Å²) in [5.74, 6) is 0.549. The van der Waals surface area contributed by atoms with E-state index in [1.807, 2.05) is 0 Å². The van der Waals surface area contributed by atoms with Crippen molar-refractivity contribution >= 4 is 6.08 Å². The summed E-state index contributed by atoms with van der Waals surface area (Å²) in [5, 5.41) is 0. The maximum atomic E-state index is 2.43. The molecule has 0 aromatic heterocycles. The van der Waals surface area contributed by atoms with Crippen LogP contribution in [0.4, 0.5) is 0 Å². The summed E-state index contributed by atoms with van der Waals surface area (Å²) in [6.45, 7) is 9.06. The molecule has 0 atom stereocenters. The van der Waals surface area contributed by atoms with Crippen molar-refractivity contribution in [3.8, 4) is 11.1 Å². The summed E-state index contributed by atoms with van der Waals surface area (Å²) in [5.41, 5.74) is 10.2. The van der Waals surface area contributed by atoms with Gasteiger partial charge < -0.3 is 0 Å². The smallest absolute Gasteiger partial charge is 0.00577 e. The molecule has 108 valence electrons. The average Bonchev–Trinajstić information content (AvgIpc) is 2.90. The van der Waals surface area contributed by atoms with Crippen LogP contribution in [0.15, 0.2) is 42.0 Å². The van der Waals surface area contributed by atoms with Crippen LogP contribution in [0, 0.1) is 6.92 Å². The second-order valence-corrected chi connectivity index (χ2v) is 6.41. The van der Waals surface area contributed by atoms with Crippen molar-refractivity contribution in [1.82, 2.24) is 0 Å². The first kappa shape index (κ1) is 14.1. The van der Waals surface area contributed by atoms with Crippen LogP contribution in [0.3, 0.4) is 0 Å². The highest BCUT2D eigenvalue weighted by Crippen LogP contribution is 2.39. The van der Waals surface area contributed by atoms with Gasteiger partial charge >= 0.3 is 0 Å². The Morgan fingerprint density at radius 2 is 1.81 bits per heavy atom. The molecule has 0 heterocycles. The zero-order chi connectivity index (χ0) is 15.0. The topological polar surface area (TPSA) is 0 Å². The van der Waals surface area contributed by atoms with Crippen LogP contribution in [0.5, 0.6) is 0 Å². The second-order valence-electron chi connectivity index (χ2n) is 6.41. The maximum Gasteiger partial charge on any atom is -0.00577 e. The Kier molecular flexibility index (Phi) is 3.71. The van der Waals surface area contributed by atoms with E-state index in [2.05, 4.69) is 70.2 Å². The molecule has 0 saturated heterocycles. The minimum Gasteiger partial charge on any atom is -0.0655 e. The van der Waals surface area contributed by atoms with Gasteiger partial charge in [-0.15, -0.1) is 0 Å². The van der Waals surface area contributed by atoms with E-state index < -0.39 is 0 Å². The number of aryl methyl sites for hydroxylation is 1. The average molecular weight is 276 g/mol. The van der Waals surface area contributed by atoms with Crippen LogP contribution in [-0.4, -0.2) is 0 Å². The van der Waals surface area contributed by atoms with E-state index in [4.69, 9.17) is 0 Å². The van der Waals surface area contributed by atoms with Gasteiger partial charge in [-0.3, -0.25) is 0 Å². The number of hydrogen-bond donors (Lipinski definition) is 0. The molecule has 0 fully saturated rings. The highest BCUT2D eigenvalue weighted by Gasteiger charge is 2.19. The summed E-state index contributed by atoms with van der Waals surface area (Å²) < 4.78 is 0. The lowest BCUT2D eigenvalue weighted by atomic mass is 9.87. The standard InChI is InChI=1S/C21H24/c1-5-16-12-17-11-10-15(4)21(20(17)13-16)19-9-7-6-8-18(19)14(2)3/h6-11,13-14H,5,12H2,1-4H3. The molecular formula is C21H24. The molecule has 1 aliphatic rings. The quantitative estimate of drug-likeness (QED) is 0.632. The molecule has 21 heavy (non-hydrogen) atoms. The molecule has 0 bridgehead atoms. The third-order valence-electron chi connectivity index (χ3n) is 4.62. The van der Waals surface area contributed by atoms with Gasteiger partial charge in [0.05, 0.1) is 0 Å². The summed E-state index contributed by atoms with van der Waals surface area (Å²) in [6, 6.07) is 13.5. The highest BCUT2D eigenvalue weighted by molar-refractivity contribution is 5.84. The number of fused-ring (bicyclic) bond motifs is 1. The molecule has 0 unspecified atom stereocenters. The van der Waals surface area contributed by atoms with Crippen molar-refractivity contribution < 1.29 is 0 Å². The van der Waals surface area contributed by atoms with E-state index in [9.17, 15) is 0 Å². The number of rotatable bonds is 3. The first-order chi connectivity index (χ1) is 10.1. The third-order valence-corrected chi connectivity index (χ3v) is 4.62. The molecule has 0 nitrogen and oxygen atoms in total. The van der Waals surface area contributed by atoms with Crippen molar-refractivity contribution in [3.05, 3.63) is 64.2 Å². The van der Waals surface area contributed by atoms with Crippen LogP contribution in [-0.2, 0) is 6.42 Å². The minimum atomic E-state index is 0.549. The van der Waals surface area contributed by atoms with E-state index >= 15 is 0 Å². The van der Waals surface area contributed by atoms with Crippen LogP contribution in [0.2, 0.25) is 0 Å². The van der Waals surface area contributed by atoms with E-state index in [1.54, 1.807) is 5.57 Å². The SMILES string of the molecule is CCC1=Cc2c(ccc(C)c2-c2ccccc2C(C)C)C1. The van der Waals surface area contributed by atoms with Crippen molar-refractivity contribution in [2.45, 2.75) is 46.5 Å². The van der Waals surface area contributed by atoms with Gasteiger partial charge in [-0.2, -0.15) is 0 Å². The lowest BCUT2D eigenvalue weighted by Gasteiger charge is -2.17. The molecule has 1 aliphatic carbocycles. The number of allylic oxidation sites excluding steroid dienone is 1. The second kappa shape index (κ2) is 5.52.